The quantitative estimate of drug-likeness (QED) is 0.858. The number of carbonyl (C=O) groups is 1. The van der Waals surface area contributed by atoms with Gasteiger partial charge in [0.05, 0.1) is 16.8 Å². The highest BCUT2D eigenvalue weighted by Crippen LogP contribution is 2.19. The first-order valence-electron chi connectivity index (χ1n) is 5.06. The Kier molecular flexibility index (Phi) is 3.59. The van der Waals surface area contributed by atoms with Crippen molar-refractivity contribution in [2.75, 3.05) is 5.32 Å². The van der Waals surface area contributed by atoms with Crippen molar-refractivity contribution in [3.05, 3.63) is 44.3 Å². The third-order valence-corrected chi connectivity index (χ3v) is 4.07. The Labute approximate surface area is 112 Å². The predicted octanol–water partition coefficient (Wildman–Crippen LogP) is 3.77. The lowest BCUT2D eigenvalue weighted by atomic mass is 10.3. The maximum absolute atomic E-state index is 11.9. The second-order valence-electron chi connectivity index (χ2n) is 3.70. The molecule has 3 nitrogen and oxygen atoms in total. The van der Waals surface area contributed by atoms with Gasteiger partial charge in [-0.05, 0) is 53.5 Å². The zero-order valence-corrected chi connectivity index (χ0v) is 11.9. The van der Waals surface area contributed by atoms with Gasteiger partial charge in [0.2, 0.25) is 0 Å². The van der Waals surface area contributed by atoms with Crippen LogP contribution >= 0.6 is 27.3 Å². The number of hydrogen-bond acceptors (Lipinski definition) is 3. The van der Waals surface area contributed by atoms with Crippen LogP contribution in [0.2, 0.25) is 0 Å². The number of rotatable bonds is 2. The third kappa shape index (κ3) is 2.92. The lowest BCUT2D eigenvalue weighted by molar-refractivity contribution is 0.103. The number of anilines is 1. The molecule has 2 heterocycles. The van der Waals surface area contributed by atoms with Crippen LogP contribution in [0, 0.1) is 13.8 Å². The summed E-state index contributed by atoms with van der Waals surface area (Å²) in [5.74, 6) is -0.0911. The van der Waals surface area contributed by atoms with Crippen LogP contribution in [0.15, 0.2) is 29.0 Å². The summed E-state index contributed by atoms with van der Waals surface area (Å²) in [5.41, 5.74) is 1.70. The standard InChI is InChI=1S/C12H11BrN2OS/c1-7-5-9(6-14-11(7)13)15-12(16)10-4-3-8(2)17-10/h3-6H,1-2H3,(H,15,16). The summed E-state index contributed by atoms with van der Waals surface area (Å²) < 4.78 is 0.794. The molecule has 5 heteroatoms. The SMILES string of the molecule is Cc1ccc(C(=O)Nc2cnc(Br)c(C)c2)s1. The topological polar surface area (TPSA) is 42.0 Å². The van der Waals surface area contributed by atoms with Crippen molar-refractivity contribution in [1.29, 1.82) is 0 Å². The Hall–Kier alpha value is -1.20. The normalized spacial score (nSPS) is 10.3. The van der Waals surface area contributed by atoms with Crippen molar-refractivity contribution in [2.24, 2.45) is 0 Å². The maximum atomic E-state index is 11.9. The van der Waals surface area contributed by atoms with Gasteiger partial charge in [-0.25, -0.2) is 4.98 Å². The minimum Gasteiger partial charge on any atom is -0.320 e. The predicted molar refractivity (Wildman–Crippen MR) is 73.7 cm³/mol. The first kappa shape index (κ1) is 12.3. The Balaban J connectivity index is 2.15. The zero-order chi connectivity index (χ0) is 12.4. The summed E-state index contributed by atoms with van der Waals surface area (Å²) in [6.07, 6.45) is 1.63. The van der Waals surface area contributed by atoms with Gasteiger partial charge in [0.25, 0.3) is 5.91 Å². The number of aryl methyl sites for hydroxylation is 2. The Bertz CT molecular complexity index is 565. The molecule has 2 rings (SSSR count). The lowest BCUT2D eigenvalue weighted by Crippen LogP contribution is -2.10. The molecule has 1 N–H and O–H groups in total. The second-order valence-corrected chi connectivity index (χ2v) is 5.74. The number of nitrogens with zero attached hydrogens (tertiary/aromatic N) is 1. The van der Waals surface area contributed by atoms with Gasteiger partial charge in [-0.2, -0.15) is 0 Å². The highest BCUT2D eigenvalue weighted by molar-refractivity contribution is 9.10. The minimum atomic E-state index is -0.0911. The molecule has 0 saturated carbocycles. The van der Waals surface area contributed by atoms with E-state index < -0.39 is 0 Å². The summed E-state index contributed by atoms with van der Waals surface area (Å²) in [7, 11) is 0. The summed E-state index contributed by atoms with van der Waals surface area (Å²) in [4.78, 5) is 17.9. The van der Waals surface area contributed by atoms with Crippen LogP contribution in [0.5, 0.6) is 0 Å². The largest absolute Gasteiger partial charge is 0.320 e. The monoisotopic (exact) mass is 310 g/mol. The summed E-state index contributed by atoms with van der Waals surface area (Å²) in [5, 5.41) is 2.83. The Morgan fingerprint density at radius 3 is 2.76 bits per heavy atom. The van der Waals surface area contributed by atoms with Crippen LogP contribution in [0.25, 0.3) is 0 Å². The average Bonchev–Trinajstić information content (AvgIpc) is 2.70. The molecule has 0 bridgehead atoms. The van der Waals surface area contributed by atoms with Gasteiger partial charge in [0.15, 0.2) is 0 Å². The van der Waals surface area contributed by atoms with Gasteiger partial charge >= 0.3 is 0 Å². The molecule has 0 spiro atoms. The van der Waals surface area contributed by atoms with E-state index in [4.69, 9.17) is 0 Å². The number of carbonyl (C=O) groups excluding carboxylic acids is 1. The van der Waals surface area contributed by atoms with E-state index in [1.54, 1.807) is 6.20 Å². The molecule has 1 amide bonds. The number of thiophene rings is 1. The van der Waals surface area contributed by atoms with E-state index in [0.717, 1.165) is 15.0 Å². The van der Waals surface area contributed by atoms with Gasteiger partial charge in [0.1, 0.15) is 4.60 Å². The molecule has 0 aliphatic heterocycles. The van der Waals surface area contributed by atoms with Crippen molar-refractivity contribution in [3.8, 4) is 0 Å². The van der Waals surface area contributed by atoms with E-state index in [0.29, 0.717) is 10.6 Å². The summed E-state index contributed by atoms with van der Waals surface area (Å²) in [6, 6.07) is 5.65. The molecule has 17 heavy (non-hydrogen) atoms. The smallest absolute Gasteiger partial charge is 0.265 e. The van der Waals surface area contributed by atoms with Gasteiger partial charge in [-0.1, -0.05) is 0 Å². The molecule has 0 aliphatic carbocycles. The molecule has 0 aromatic carbocycles. The molecule has 0 saturated heterocycles. The summed E-state index contributed by atoms with van der Waals surface area (Å²) in [6.45, 7) is 3.91. The fourth-order valence-electron chi connectivity index (χ4n) is 1.38. The van der Waals surface area contributed by atoms with Gasteiger partial charge < -0.3 is 5.32 Å². The highest BCUT2D eigenvalue weighted by atomic mass is 79.9. The Morgan fingerprint density at radius 2 is 2.18 bits per heavy atom. The maximum Gasteiger partial charge on any atom is 0.265 e. The molecule has 0 fully saturated rings. The number of aromatic nitrogens is 1. The van der Waals surface area contributed by atoms with Crippen LogP contribution in [-0.2, 0) is 0 Å². The molecule has 2 aromatic heterocycles. The first-order chi connectivity index (χ1) is 8.06. The second kappa shape index (κ2) is 4.98. The van der Waals surface area contributed by atoms with E-state index in [-0.39, 0.29) is 5.91 Å². The minimum absolute atomic E-state index is 0.0911. The molecular weight excluding hydrogens is 300 g/mol. The van der Waals surface area contributed by atoms with Crippen LogP contribution in [-0.4, -0.2) is 10.9 Å². The van der Waals surface area contributed by atoms with Crippen LogP contribution in [0.3, 0.4) is 0 Å². The van der Waals surface area contributed by atoms with Gasteiger partial charge in [-0.3, -0.25) is 4.79 Å². The van der Waals surface area contributed by atoms with Crippen molar-refractivity contribution in [3.63, 3.8) is 0 Å². The van der Waals surface area contributed by atoms with Crippen LogP contribution in [0.4, 0.5) is 5.69 Å². The first-order valence-corrected chi connectivity index (χ1v) is 6.67. The van der Waals surface area contributed by atoms with Gasteiger partial charge in [0, 0.05) is 4.88 Å². The van der Waals surface area contributed by atoms with E-state index in [9.17, 15) is 4.79 Å². The third-order valence-electron chi connectivity index (χ3n) is 2.24. The van der Waals surface area contributed by atoms with E-state index in [1.807, 2.05) is 32.0 Å². The van der Waals surface area contributed by atoms with Gasteiger partial charge in [-0.15, -0.1) is 11.3 Å². The number of amides is 1. The molecule has 0 radical (unpaired) electrons. The lowest BCUT2D eigenvalue weighted by Gasteiger charge is -2.04. The van der Waals surface area contributed by atoms with Crippen LogP contribution in [0.1, 0.15) is 20.1 Å². The highest BCUT2D eigenvalue weighted by Gasteiger charge is 2.09. The van der Waals surface area contributed by atoms with Crippen LogP contribution < -0.4 is 5.32 Å². The van der Waals surface area contributed by atoms with E-state index in [2.05, 4.69) is 26.2 Å². The van der Waals surface area contributed by atoms with E-state index >= 15 is 0 Å². The Morgan fingerprint density at radius 1 is 1.41 bits per heavy atom. The van der Waals surface area contributed by atoms with Crippen molar-refractivity contribution >= 4 is 38.9 Å². The molecule has 88 valence electrons. The summed E-state index contributed by atoms with van der Waals surface area (Å²) >= 11 is 4.80. The average molecular weight is 311 g/mol. The molecule has 0 aliphatic rings. The molecular formula is C12H11BrN2OS. The number of halogens is 1. The molecule has 2 aromatic rings. The fourth-order valence-corrected chi connectivity index (χ4v) is 2.36. The van der Waals surface area contributed by atoms with Crippen molar-refractivity contribution < 1.29 is 4.79 Å². The zero-order valence-electron chi connectivity index (χ0n) is 9.45. The molecule has 0 unspecified atom stereocenters. The van der Waals surface area contributed by atoms with E-state index in [1.165, 1.54) is 11.3 Å². The van der Waals surface area contributed by atoms with Crippen molar-refractivity contribution in [1.82, 2.24) is 4.98 Å². The molecule has 0 atom stereocenters. The van der Waals surface area contributed by atoms with Crippen molar-refractivity contribution in [2.45, 2.75) is 13.8 Å². The number of hydrogen-bond donors (Lipinski definition) is 1. The number of pyridine rings is 1. The number of nitrogens with one attached hydrogen (secondary N) is 1. The fraction of sp³-hybridized carbons (Fsp3) is 0.167.